The molecule has 2 N–H and O–H groups in total. The first-order chi connectivity index (χ1) is 12.0. The fourth-order valence-electron chi connectivity index (χ4n) is 2.92. The Kier molecular flexibility index (Phi) is 4.95. The largest absolute Gasteiger partial charge is 0.508 e. The normalized spacial score (nSPS) is 14.1. The summed E-state index contributed by atoms with van der Waals surface area (Å²) in [6.45, 7) is 1.58. The average molecular weight is 341 g/mol. The van der Waals surface area contributed by atoms with E-state index in [-0.39, 0.29) is 17.3 Å². The van der Waals surface area contributed by atoms with E-state index in [4.69, 9.17) is 0 Å². The van der Waals surface area contributed by atoms with Gasteiger partial charge in [0.15, 0.2) is 0 Å². The monoisotopic (exact) mass is 341 g/mol. The second-order valence-corrected chi connectivity index (χ2v) is 5.99. The van der Waals surface area contributed by atoms with Gasteiger partial charge in [0.2, 0.25) is 5.91 Å². The van der Waals surface area contributed by atoms with Crippen molar-refractivity contribution in [2.75, 3.05) is 11.4 Å². The SMILES string of the molecule is O=C1CCCN1c1cccc(CNCc2cc([N+](=O)[O-])ccc2O)c1. The van der Waals surface area contributed by atoms with Gasteiger partial charge in [-0.3, -0.25) is 14.9 Å². The molecule has 1 aliphatic heterocycles. The first-order valence-corrected chi connectivity index (χ1v) is 8.11. The lowest BCUT2D eigenvalue weighted by Crippen LogP contribution is -2.23. The molecule has 1 fully saturated rings. The number of carbonyl (C=O) groups excluding carboxylic acids is 1. The first-order valence-electron chi connectivity index (χ1n) is 8.11. The van der Waals surface area contributed by atoms with Crippen LogP contribution >= 0.6 is 0 Å². The van der Waals surface area contributed by atoms with Crippen molar-refractivity contribution >= 4 is 17.3 Å². The van der Waals surface area contributed by atoms with E-state index in [9.17, 15) is 20.0 Å². The smallest absolute Gasteiger partial charge is 0.270 e. The van der Waals surface area contributed by atoms with Crippen LogP contribution in [0.5, 0.6) is 5.75 Å². The fourth-order valence-corrected chi connectivity index (χ4v) is 2.92. The predicted molar refractivity (Wildman–Crippen MR) is 93.3 cm³/mol. The van der Waals surface area contributed by atoms with Gasteiger partial charge in [-0.1, -0.05) is 12.1 Å². The van der Waals surface area contributed by atoms with Gasteiger partial charge >= 0.3 is 0 Å². The van der Waals surface area contributed by atoms with Gasteiger partial charge in [0.1, 0.15) is 5.75 Å². The number of phenolic OH excluding ortho intramolecular Hbond substituents is 1. The molecule has 0 spiro atoms. The summed E-state index contributed by atoms with van der Waals surface area (Å²) < 4.78 is 0. The number of non-ortho nitro benzene ring substituents is 1. The molecular formula is C18H19N3O4. The third-order valence-electron chi connectivity index (χ3n) is 4.21. The van der Waals surface area contributed by atoms with Crippen LogP contribution in [0.3, 0.4) is 0 Å². The second-order valence-electron chi connectivity index (χ2n) is 5.99. The van der Waals surface area contributed by atoms with E-state index in [1.807, 2.05) is 24.3 Å². The summed E-state index contributed by atoms with van der Waals surface area (Å²) in [7, 11) is 0. The number of hydrogen-bond acceptors (Lipinski definition) is 5. The molecule has 1 saturated heterocycles. The van der Waals surface area contributed by atoms with Gasteiger partial charge in [-0.05, 0) is 30.2 Å². The topological polar surface area (TPSA) is 95.7 Å². The number of anilines is 1. The van der Waals surface area contributed by atoms with Gasteiger partial charge in [0.05, 0.1) is 4.92 Å². The third-order valence-corrected chi connectivity index (χ3v) is 4.21. The summed E-state index contributed by atoms with van der Waals surface area (Å²) in [4.78, 5) is 24.0. The lowest BCUT2D eigenvalue weighted by atomic mass is 10.1. The van der Waals surface area contributed by atoms with Gasteiger partial charge in [0, 0.05) is 49.4 Å². The lowest BCUT2D eigenvalue weighted by Gasteiger charge is -2.16. The average Bonchev–Trinajstić information content (AvgIpc) is 3.02. The van der Waals surface area contributed by atoms with Crippen molar-refractivity contribution in [3.63, 3.8) is 0 Å². The molecular weight excluding hydrogens is 322 g/mol. The minimum absolute atomic E-state index is 0.0227. The highest BCUT2D eigenvalue weighted by Gasteiger charge is 2.21. The van der Waals surface area contributed by atoms with Crippen LogP contribution in [0.2, 0.25) is 0 Å². The first kappa shape index (κ1) is 16.9. The van der Waals surface area contributed by atoms with E-state index >= 15 is 0 Å². The van der Waals surface area contributed by atoms with Crippen molar-refractivity contribution in [1.29, 1.82) is 0 Å². The Labute approximate surface area is 145 Å². The van der Waals surface area contributed by atoms with Crippen LogP contribution in [0.1, 0.15) is 24.0 Å². The zero-order valence-corrected chi connectivity index (χ0v) is 13.6. The van der Waals surface area contributed by atoms with Crippen LogP contribution in [-0.2, 0) is 17.9 Å². The van der Waals surface area contributed by atoms with Crippen LogP contribution in [0.4, 0.5) is 11.4 Å². The number of hydrogen-bond donors (Lipinski definition) is 2. The van der Waals surface area contributed by atoms with Gasteiger partial charge in [-0.15, -0.1) is 0 Å². The zero-order chi connectivity index (χ0) is 17.8. The van der Waals surface area contributed by atoms with Gasteiger partial charge in [0.25, 0.3) is 5.69 Å². The van der Waals surface area contributed by atoms with Crippen molar-refractivity contribution < 1.29 is 14.8 Å². The van der Waals surface area contributed by atoms with Gasteiger partial charge in [-0.25, -0.2) is 0 Å². The van der Waals surface area contributed by atoms with Crippen molar-refractivity contribution in [1.82, 2.24) is 5.32 Å². The lowest BCUT2D eigenvalue weighted by molar-refractivity contribution is -0.384. The second kappa shape index (κ2) is 7.31. The van der Waals surface area contributed by atoms with E-state index in [2.05, 4.69) is 5.32 Å². The molecule has 7 heteroatoms. The maximum absolute atomic E-state index is 11.8. The summed E-state index contributed by atoms with van der Waals surface area (Å²) in [6.07, 6.45) is 1.47. The third kappa shape index (κ3) is 3.95. The molecule has 2 aromatic carbocycles. The van der Waals surface area contributed by atoms with Crippen molar-refractivity contribution in [2.24, 2.45) is 0 Å². The Morgan fingerprint density at radius 2 is 2.04 bits per heavy atom. The molecule has 1 amide bonds. The van der Waals surface area contributed by atoms with Crippen molar-refractivity contribution in [3.05, 3.63) is 63.7 Å². The number of aromatic hydroxyl groups is 1. The molecule has 3 rings (SSSR count). The van der Waals surface area contributed by atoms with Crippen LogP contribution in [0.25, 0.3) is 0 Å². The van der Waals surface area contributed by atoms with Gasteiger partial charge in [-0.2, -0.15) is 0 Å². The molecule has 0 aromatic heterocycles. The van der Waals surface area contributed by atoms with Crippen LogP contribution in [0.15, 0.2) is 42.5 Å². The maximum Gasteiger partial charge on any atom is 0.270 e. The van der Waals surface area contributed by atoms with Gasteiger partial charge < -0.3 is 15.3 Å². The Morgan fingerprint density at radius 1 is 1.20 bits per heavy atom. The minimum Gasteiger partial charge on any atom is -0.508 e. The molecule has 0 aliphatic carbocycles. The molecule has 25 heavy (non-hydrogen) atoms. The number of nitro benzene ring substituents is 1. The summed E-state index contributed by atoms with van der Waals surface area (Å²) >= 11 is 0. The molecule has 0 radical (unpaired) electrons. The molecule has 130 valence electrons. The van der Waals surface area contributed by atoms with E-state index in [0.29, 0.717) is 25.1 Å². The molecule has 1 heterocycles. The fraction of sp³-hybridized carbons (Fsp3) is 0.278. The van der Waals surface area contributed by atoms with E-state index in [1.54, 1.807) is 4.90 Å². The molecule has 0 saturated carbocycles. The predicted octanol–water partition coefficient (Wildman–Crippen LogP) is 2.72. The molecule has 2 aromatic rings. The number of carbonyl (C=O) groups is 1. The quantitative estimate of drug-likeness (QED) is 0.622. The maximum atomic E-state index is 11.8. The number of rotatable bonds is 6. The summed E-state index contributed by atoms with van der Waals surface area (Å²) in [5.41, 5.74) is 2.31. The van der Waals surface area contributed by atoms with Crippen LogP contribution in [0, 0.1) is 10.1 Å². The van der Waals surface area contributed by atoms with E-state index in [1.165, 1.54) is 18.2 Å². The molecule has 0 atom stereocenters. The van der Waals surface area contributed by atoms with E-state index < -0.39 is 4.92 Å². The molecule has 1 aliphatic rings. The van der Waals surface area contributed by atoms with Crippen molar-refractivity contribution in [2.45, 2.75) is 25.9 Å². The minimum atomic E-state index is -0.487. The Morgan fingerprint density at radius 3 is 2.76 bits per heavy atom. The Bertz CT molecular complexity index is 807. The zero-order valence-electron chi connectivity index (χ0n) is 13.6. The number of nitrogens with one attached hydrogen (secondary N) is 1. The summed E-state index contributed by atoms with van der Waals surface area (Å²) in [6, 6.07) is 11.7. The number of benzene rings is 2. The number of nitrogens with zero attached hydrogens (tertiary/aromatic N) is 2. The van der Waals surface area contributed by atoms with Crippen molar-refractivity contribution in [3.8, 4) is 5.75 Å². The standard InChI is InChI=1S/C18H19N3O4/c22-17-7-6-16(21(24)25)10-14(17)12-19-11-13-3-1-4-15(9-13)20-8-2-5-18(20)23/h1,3-4,6-7,9-10,19,22H,2,5,8,11-12H2. The Balaban J connectivity index is 1.64. The highest BCUT2D eigenvalue weighted by molar-refractivity contribution is 5.95. The molecule has 0 bridgehead atoms. The number of nitro groups is 1. The Hall–Kier alpha value is -2.93. The summed E-state index contributed by atoms with van der Waals surface area (Å²) in [5, 5.41) is 23.8. The van der Waals surface area contributed by atoms with Crippen LogP contribution in [-0.4, -0.2) is 22.5 Å². The van der Waals surface area contributed by atoms with Crippen LogP contribution < -0.4 is 10.2 Å². The summed E-state index contributed by atoms with van der Waals surface area (Å²) in [5.74, 6) is 0.168. The molecule has 0 unspecified atom stereocenters. The highest BCUT2D eigenvalue weighted by atomic mass is 16.6. The molecule has 7 nitrogen and oxygen atoms in total. The number of amides is 1. The number of phenols is 1. The highest BCUT2D eigenvalue weighted by Crippen LogP contribution is 2.24. The van der Waals surface area contributed by atoms with E-state index in [0.717, 1.165) is 24.2 Å².